The number of hydrogen-bond donors (Lipinski definition) is 1. The van der Waals surface area contributed by atoms with Gasteiger partial charge in [-0.25, -0.2) is 0 Å². The predicted molar refractivity (Wildman–Crippen MR) is 59.8 cm³/mol. The number of hydrogen-bond acceptors (Lipinski definition) is 4. The Morgan fingerprint density at radius 3 is 2.94 bits per heavy atom. The normalized spacial score (nSPS) is 28.2. The van der Waals surface area contributed by atoms with Crippen LogP contribution in [-0.2, 0) is 14.2 Å². The summed E-state index contributed by atoms with van der Waals surface area (Å²) in [5, 5.41) is 3.33. The van der Waals surface area contributed by atoms with E-state index in [0.29, 0.717) is 6.04 Å². The van der Waals surface area contributed by atoms with Crippen molar-refractivity contribution < 1.29 is 14.2 Å². The predicted octanol–water partition coefficient (Wildman–Crippen LogP) is 0.297. The fraction of sp³-hybridized carbons (Fsp3) is 0.900. The Morgan fingerprint density at radius 1 is 1.38 bits per heavy atom. The molecule has 0 saturated carbocycles. The molecule has 5 nitrogen and oxygen atoms in total. The third kappa shape index (κ3) is 3.38. The van der Waals surface area contributed by atoms with Crippen molar-refractivity contribution in [1.82, 2.24) is 5.32 Å². The van der Waals surface area contributed by atoms with E-state index in [1.54, 1.807) is 0 Å². The first-order valence-electron chi connectivity index (χ1n) is 5.85. The van der Waals surface area contributed by atoms with Gasteiger partial charge in [-0.3, -0.25) is 0 Å². The number of nitrogens with zero attached hydrogens (tertiary/aromatic N) is 1. The molecule has 2 heterocycles. The number of amidine groups is 1. The molecule has 1 atom stereocenters. The first-order valence-corrected chi connectivity index (χ1v) is 5.85. The zero-order chi connectivity index (χ0) is 11.2. The maximum absolute atomic E-state index is 10.2. The van der Waals surface area contributed by atoms with E-state index in [0.717, 1.165) is 51.9 Å². The SMILES string of the molecule is O=BC/N=C1\CCC(CCC2OCCO2)N1. The molecule has 0 aromatic carbocycles. The Kier molecular flexibility index (Phi) is 4.48. The van der Waals surface area contributed by atoms with E-state index in [2.05, 4.69) is 10.3 Å². The van der Waals surface area contributed by atoms with Crippen molar-refractivity contribution in [2.45, 2.75) is 38.0 Å². The van der Waals surface area contributed by atoms with Gasteiger partial charge in [0.25, 0.3) is 0 Å². The third-order valence-corrected chi connectivity index (χ3v) is 2.90. The van der Waals surface area contributed by atoms with Gasteiger partial charge in [0.05, 0.1) is 0 Å². The first kappa shape index (κ1) is 11.7. The van der Waals surface area contributed by atoms with Crippen LogP contribution >= 0.6 is 0 Å². The van der Waals surface area contributed by atoms with Gasteiger partial charge in [-0.05, 0) is 0 Å². The zero-order valence-corrected chi connectivity index (χ0v) is 9.35. The second kappa shape index (κ2) is 6.10. The van der Waals surface area contributed by atoms with Crippen molar-refractivity contribution in [2.75, 3.05) is 19.7 Å². The van der Waals surface area contributed by atoms with Crippen LogP contribution in [0.25, 0.3) is 0 Å². The maximum atomic E-state index is 10.2. The average Bonchev–Trinajstić information content (AvgIpc) is 2.95. The molecule has 0 aliphatic carbocycles. The molecule has 0 radical (unpaired) electrons. The summed E-state index contributed by atoms with van der Waals surface area (Å²) < 4.78 is 20.9. The van der Waals surface area contributed by atoms with Crippen molar-refractivity contribution in [3.63, 3.8) is 0 Å². The second-order valence-corrected chi connectivity index (χ2v) is 4.08. The van der Waals surface area contributed by atoms with E-state index in [-0.39, 0.29) is 12.7 Å². The van der Waals surface area contributed by atoms with Crippen molar-refractivity contribution in [2.24, 2.45) is 4.99 Å². The summed E-state index contributed by atoms with van der Waals surface area (Å²) in [6.45, 7) is 1.43. The topological polar surface area (TPSA) is 59.9 Å². The van der Waals surface area contributed by atoms with Gasteiger partial charge in [0, 0.05) is 0 Å². The van der Waals surface area contributed by atoms with Gasteiger partial charge >= 0.3 is 95.1 Å². The van der Waals surface area contributed by atoms with Gasteiger partial charge in [-0.2, -0.15) is 0 Å². The molecule has 0 spiro atoms. The molecule has 2 saturated heterocycles. The standard InChI is InChI=1S/C10H17BN2O3/c14-11-7-12-9-3-1-8(13-9)2-4-10-15-5-6-16-10/h8,10H,1-7H2,(H,12,13). The summed E-state index contributed by atoms with van der Waals surface area (Å²) in [7, 11) is 0.822. The molecule has 0 aromatic rings. The van der Waals surface area contributed by atoms with Gasteiger partial charge in [0.2, 0.25) is 0 Å². The van der Waals surface area contributed by atoms with Crippen LogP contribution in [0.15, 0.2) is 4.99 Å². The Hall–Kier alpha value is -0.745. The van der Waals surface area contributed by atoms with Crippen LogP contribution in [-0.4, -0.2) is 45.0 Å². The summed E-state index contributed by atoms with van der Waals surface area (Å²) in [6.07, 6.45) is 4.25. The van der Waals surface area contributed by atoms with Crippen LogP contribution < -0.4 is 5.32 Å². The van der Waals surface area contributed by atoms with Crippen molar-refractivity contribution in [1.29, 1.82) is 0 Å². The fourth-order valence-electron chi connectivity index (χ4n) is 2.09. The summed E-state index contributed by atoms with van der Waals surface area (Å²) in [5.74, 6) is 0.963. The summed E-state index contributed by atoms with van der Waals surface area (Å²) in [5.41, 5.74) is 0. The van der Waals surface area contributed by atoms with Crippen molar-refractivity contribution >= 4 is 13.0 Å². The van der Waals surface area contributed by atoms with Crippen LogP contribution in [0.4, 0.5) is 0 Å². The van der Waals surface area contributed by atoms with E-state index in [1.807, 2.05) is 0 Å². The Morgan fingerprint density at radius 2 is 2.19 bits per heavy atom. The fourth-order valence-corrected chi connectivity index (χ4v) is 2.09. The van der Waals surface area contributed by atoms with E-state index in [4.69, 9.17) is 9.47 Å². The minimum atomic E-state index is -0.0160. The molecule has 0 aromatic heterocycles. The Balaban J connectivity index is 1.66. The second-order valence-electron chi connectivity index (χ2n) is 4.08. The molecule has 1 N–H and O–H groups in total. The summed E-state index contributed by atoms with van der Waals surface area (Å²) >= 11 is 0. The molecule has 2 aliphatic rings. The van der Waals surface area contributed by atoms with Crippen molar-refractivity contribution in [3.05, 3.63) is 0 Å². The molecule has 2 aliphatic heterocycles. The third-order valence-electron chi connectivity index (χ3n) is 2.90. The quantitative estimate of drug-likeness (QED) is 0.682. The molecule has 0 bridgehead atoms. The van der Waals surface area contributed by atoms with Gasteiger partial charge < -0.3 is 0 Å². The van der Waals surface area contributed by atoms with Crippen molar-refractivity contribution in [3.8, 4) is 0 Å². The molecule has 16 heavy (non-hydrogen) atoms. The average molecular weight is 224 g/mol. The molecule has 2 fully saturated rings. The van der Waals surface area contributed by atoms with E-state index in [9.17, 15) is 4.70 Å². The molecule has 2 rings (SSSR count). The number of aliphatic imine (C=N–C) groups is 1. The summed E-state index contributed by atoms with van der Waals surface area (Å²) in [6, 6.07) is 0.457. The van der Waals surface area contributed by atoms with Crippen LogP contribution in [0, 0.1) is 0 Å². The Labute approximate surface area is 95.8 Å². The summed E-state index contributed by atoms with van der Waals surface area (Å²) in [4.78, 5) is 4.15. The number of ether oxygens (including phenoxy) is 2. The Bertz CT molecular complexity index is 267. The molecule has 6 heteroatoms. The van der Waals surface area contributed by atoms with Crippen LogP contribution in [0.5, 0.6) is 0 Å². The van der Waals surface area contributed by atoms with E-state index in [1.165, 1.54) is 0 Å². The van der Waals surface area contributed by atoms with E-state index < -0.39 is 0 Å². The zero-order valence-electron chi connectivity index (χ0n) is 9.35. The van der Waals surface area contributed by atoms with Gasteiger partial charge in [0.15, 0.2) is 0 Å². The van der Waals surface area contributed by atoms with Gasteiger partial charge in [-0.15, -0.1) is 0 Å². The number of nitrogens with one attached hydrogen (secondary N) is 1. The molecular formula is C10H17BN2O3. The minimum absolute atomic E-state index is 0.0160. The molecule has 1 unspecified atom stereocenters. The first-order chi connectivity index (χ1) is 7.88. The van der Waals surface area contributed by atoms with Crippen LogP contribution in [0.2, 0.25) is 0 Å². The monoisotopic (exact) mass is 224 g/mol. The molecule has 0 amide bonds. The van der Waals surface area contributed by atoms with Crippen LogP contribution in [0.1, 0.15) is 25.7 Å². The van der Waals surface area contributed by atoms with Gasteiger partial charge in [0.1, 0.15) is 0 Å². The number of rotatable bonds is 5. The molecule has 88 valence electrons. The molecular weight excluding hydrogens is 207 g/mol. The van der Waals surface area contributed by atoms with E-state index >= 15 is 0 Å². The van der Waals surface area contributed by atoms with Gasteiger partial charge in [-0.1, -0.05) is 0 Å². The van der Waals surface area contributed by atoms with Crippen LogP contribution in [0.3, 0.4) is 0 Å².